The van der Waals surface area contributed by atoms with Gasteiger partial charge in [0.15, 0.2) is 0 Å². The number of rotatable bonds is 14. The molecule has 0 saturated carbocycles. The van der Waals surface area contributed by atoms with Crippen LogP contribution in [0.3, 0.4) is 0 Å². The van der Waals surface area contributed by atoms with Gasteiger partial charge >= 0.3 is 6.09 Å². The summed E-state index contributed by atoms with van der Waals surface area (Å²) < 4.78 is 5.79. The molecule has 4 amide bonds. The van der Waals surface area contributed by atoms with E-state index in [1.54, 1.807) is 0 Å². The Morgan fingerprint density at radius 1 is 0.661 bits per heavy atom. The minimum absolute atomic E-state index is 0.00204. The molecule has 1 atom stereocenters. The quantitative estimate of drug-likeness (QED) is 0.0515. The summed E-state index contributed by atoms with van der Waals surface area (Å²) in [5, 5.41) is 12.7. The zero-order chi connectivity index (χ0) is 41.2. The molecule has 0 aromatic heterocycles. The van der Waals surface area contributed by atoms with Crippen LogP contribution in [-0.4, -0.2) is 42.2 Å². The summed E-state index contributed by atoms with van der Waals surface area (Å²) in [5.41, 5.74) is 9.76. The number of alkyl carbamates (subject to hydrolysis) is 1. The molecule has 1 aliphatic rings. The average molecular weight is 784 g/mol. The van der Waals surface area contributed by atoms with E-state index >= 15 is 0 Å². The summed E-state index contributed by atoms with van der Waals surface area (Å²) in [5.74, 6) is -2.08. The van der Waals surface area contributed by atoms with Crippen molar-refractivity contribution in [1.82, 2.24) is 21.4 Å². The van der Waals surface area contributed by atoms with Crippen molar-refractivity contribution in [2.45, 2.75) is 44.3 Å². The third-order valence-electron chi connectivity index (χ3n) is 10.5. The summed E-state index contributed by atoms with van der Waals surface area (Å²) in [6.07, 6.45) is -1.38. The lowest BCUT2D eigenvalue weighted by Gasteiger charge is -2.37. The van der Waals surface area contributed by atoms with Crippen molar-refractivity contribution in [2.75, 3.05) is 6.61 Å². The molecular formula is C49H45N5O5. The topological polar surface area (TPSA) is 138 Å². The molecule has 0 unspecified atom stereocenters. The summed E-state index contributed by atoms with van der Waals surface area (Å²) in [6, 6.07) is 50.9. The average Bonchev–Trinajstić information content (AvgIpc) is 3.60. The van der Waals surface area contributed by atoms with Crippen LogP contribution in [0.15, 0.2) is 169 Å². The first-order valence-electron chi connectivity index (χ1n) is 19.5. The van der Waals surface area contributed by atoms with Crippen LogP contribution in [0, 0.1) is 6.92 Å². The third-order valence-corrected chi connectivity index (χ3v) is 10.5. The number of hydrazone groups is 1. The molecule has 10 nitrogen and oxygen atoms in total. The van der Waals surface area contributed by atoms with Gasteiger partial charge in [0.05, 0.1) is 6.42 Å². The van der Waals surface area contributed by atoms with E-state index in [1.807, 2.05) is 171 Å². The molecule has 0 heterocycles. The minimum Gasteiger partial charge on any atom is -0.449 e. The second-order valence-electron chi connectivity index (χ2n) is 14.5. The Bertz CT molecular complexity index is 2310. The molecule has 0 aliphatic heterocycles. The number of nitrogens with one attached hydrogen (secondary N) is 4. The SMILES string of the molecule is C/C(=N/NC(=O)[C@H](CC(=O)NC(c1ccccc1)(c1ccccc1)c1ccccc1)NC(=O)OCC1c2ccccc2-c2ccccc21)C(=O)NCc1ccc(C)cc1. The number of benzene rings is 6. The summed E-state index contributed by atoms with van der Waals surface area (Å²) in [6.45, 7) is 3.70. The number of hydrogen-bond donors (Lipinski definition) is 4. The molecular weight excluding hydrogens is 739 g/mol. The van der Waals surface area contributed by atoms with Gasteiger partial charge in [-0.2, -0.15) is 5.10 Å². The molecule has 0 spiro atoms. The van der Waals surface area contributed by atoms with Crippen molar-refractivity contribution < 1.29 is 23.9 Å². The third kappa shape index (κ3) is 9.13. The number of aryl methyl sites for hydroxylation is 1. The van der Waals surface area contributed by atoms with E-state index in [2.05, 4.69) is 26.5 Å². The van der Waals surface area contributed by atoms with Crippen molar-refractivity contribution in [3.05, 3.63) is 203 Å². The first-order valence-corrected chi connectivity index (χ1v) is 19.5. The van der Waals surface area contributed by atoms with Gasteiger partial charge in [0.2, 0.25) is 5.91 Å². The number of ether oxygens (including phenoxy) is 1. The molecule has 6 aromatic carbocycles. The van der Waals surface area contributed by atoms with Crippen LogP contribution in [0.1, 0.15) is 58.2 Å². The van der Waals surface area contributed by atoms with Gasteiger partial charge in [0.1, 0.15) is 23.9 Å². The van der Waals surface area contributed by atoms with Gasteiger partial charge in [-0.25, -0.2) is 10.2 Å². The summed E-state index contributed by atoms with van der Waals surface area (Å²) in [4.78, 5) is 54.9. The van der Waals surface area contributed by atoms with Gasteiger partial charge in [-0.1, -0.05) is 169 Å². The molecule has 0 saturated heterocycles. The predicted octanol–water partition coefficient (Wildman–Crippen LogP) is 7.51. The van der Waals surface area contributed by atoms with Crippen molar-refractivity contribution in [3.63, 3.8) is 0 Å². The van der Waals surface area contributed by atoms with Gasteiger partial charge in [0.25, 0.3) is 11.8 Å². The predicted molar refractivity (Wildman–Crippen MR) is 228 cm³/mol. The lowest BCUT2D eigenvalue weighted by Crippen LogP contribution is -2.52. The Labute approximate surface area is 343 Å². The largest absolute Gasteiger partial charge is 0.449 e. The van der Waals surface area contributed by atoms with E-state index in [4.69, 9.17) is 4.74 Å². The fraction of sp³-hybridized carbons (Fsp3) is 0.163. The molecule has 0 bridgehead atoms. The minimum atomic E-state index is -1.45. The normalized spacial score (nSPS) is 12.7. The van der Waals surface area contributed by atoms with E-state index in [1.165, 1.54) is 6.92 Å². The number of carbonyl (C=O) groups excluding carboxylic acids is 4. The molecule has 0 fully saturated rings. The van der Waals surface area contributed by atoms with Gasteiger partial charge < -0.3 is 20.7 Å². The molecule has 59 heavy (non-hydrogen) atoms. The van der Waals surface area contributed by atoms with E-state index in [0.29, 0.717) is 0 Å². The smallest absolute Gasteiger partial charge is 0.407 e. The van der Waals surface area contributed by atoms with E-state index in [-0.39, 0.29) is 24.8 Å². The Kier molecular flexibility index (Phi) is 12.4. The number of fused-ring (bicyclic) bond motifs is 3. The maximum atomic E-state index is 14.4. The van der Waals surface area contributed by atoms with E-state index in [9.17, 15) is 19.2 Å². The number of carbonyl (C=O) groups is 4. The van der Waals surface area contributed by atoms with Gasteiger partial charge in [-0.15, -0.1) is 0 Å². The van der Waals surface area contributed by atoms with E-state index in [0.717, 1.165) is 50.1 Å². The molecule has 0 radical (unpaired) electrons. The highest BCUT2D eigenvalue weighted by atomic mass is 16.5. The highest BCUT2D eigenvalue weighted by Crippen LogP contribution is 2.44. The second-order valence-corrected chi connectivity index (χ2v) is 14.5. The maximum absolute atomic E-state index is 14.4. The monoisotopic (exact) mass is 783 g/mol. The molecule has 6 aromatic rings. The standard InChI is InChI=1S/C49H45N5O5/c1-33-26-28-35(29-27-33)31-50-46(56)34(2)53-54-47(57)44(51-48(58)59-32-43-41-24-14-12-22-39(41)40-23-13-15-25-42(40)43)30-45(55)52-49(36-16-6-3-7-17-36,37-18-8-4-9-19-37)38-20-10-5-11-21-38/h3-29,43-44H,30-32H2,1-2H3,(H,50,56)(H,51,58)(H,52,55)(H,54,57)/b53-34-/t44-/m0/s1. The van der Waals surface area contributed by atoms with Gasteiger partial charge in [0, 0.05) is 12.5 Å². The van der Waals surface area contributed by atoms with Gasteiger partial charge in [-0.05, 0) is 58.4 Å². The lowest BCUT2D eigenvalue weighted by molar-refractivity contribution is -0.128. The number of hydrogen-bond acceptors (Lipinski definition) is 6. The Balaban J connectivity index is 1.13. The van der Waals surface area contributed by atoms with Gasteiger partial charge in [-0.3, -0.25) is 14.4 Å². The molecule has 1 aliphatic carbocycles. The van der Waals surface area contributed by atoms with Crippen LogP contribution in [0.25, 0.3) is 11.1 Å². The lowest BCUT2D eigenvalue weighted by atomic mass is 9.77. The zero-order valence-electron chi connectivity index (χ0n) is 32.9. The van der Waals surface area contributed by atoms with Crippen LogP contribution in [0.2, 0.25) is 0 Å². The van der Waals surface area contributed by atoms with E-state index < -0.39 is 41.8 Å². The molecule has 4 N–H and O–H groups in total. The highest BCUT2D eigenvalue weighted by Gasteiger charge is 2.39. The van der Waals surface area contributed by atoms with Crippen LogP contribution in [0.4, 0.5) is 4.79 Å². The van der Waals surface area contributed by atoms with Crippen molar-refractivity contribution in [3.8, 4) is 11.1 Å². The molecule has 10 heteroatoms. The fourth-order valence-electron chi connectivity index (χ4n) is 7.50. The highest BCUT2D eigenvalue weighted by molar-refractivity contribution is 6.37. The molecule has 296 valence electrons. The first-order chi connectivity index (χ1) is 28.7. The van der Waals surface area contributed by atoms with Crippen LogP contribution >= 0.6 is 0 Å². The van der Waals surface area contributed by atoms with Crippen LogP contribution < -0.4 is 21.4 Å². The molecule has 7 rings (SSSR count). The van der Waals surface area contributed by atoms with Crippen LogP contribution in [0.5, 0.6) is 0 Å². The summed E-state index contributed by atoms with van der Waals surface area (Å²) in [7, 11) is 0. The second kappa shape index (κ2) is 18.3. The Morgan fingerprint density at radius 3 is 1.68 bits per heavy atom. The Morgan fingerprint density at radius 2 is 1.15 bits per heavy atom. The number of amides is 4. The van der Waals surface area contributed by atoms with Crippen molar-refractivity contribution >= 4 is 29.5 Å². The first kappa shape index (κ1) is 39.9. The maximum Gasteiger partial charge on any atom is 0.407 e. The van der Waals surface area contributed by atoms with Crippen molar-refractivity contribution in [1.29, 1.82) is 0 Å². The summed E-state index contributed by atoms with van der Waals surface area (Å²) >= 11 is 0. The van der Waals surface area contributed by atoms with Crippen molar-refractivity contribution in [2.24, 2.45) is 5.10 Å². The van der Waals surface area contributed by atoms with Crippen LogP contribution in [-0.2, 0) is 31.2 Å². The Hall–Kier alpha value is -7.33. The zero-order valence-corrected chi connectivity index (χ0v) is 32.9. The number of nitrogens with zero attached hydrogens (tertiary/aromatic N) is 1. The fourth-order valence-corrected chi connectivity index (χ4v) is 7.50.